The molecule has 1 aromatic heterocycles. The van der Waals surface area contributed by atoms with E-state index in [2.05, 4.69) is 10.6 Å². The van der Waals surface area contributed by atoms with E-state index in [1.165, 1.54) is 6.07 Å². The number of nitrogens with one attached hydrogen (secondary N) is 2. The van der Waals surface area contributed by atoms with Crippen LogP contribution in [-0.2, 0) is 0 Å². The highest BCUT2D eigenvalue weighted by molar-refractivity contribution is 7.14. The van der Waals surface area contributed by atoms with Crippen LogP contribution in [0.4, 0.5) is 9.80 Å². The fraction of sp³-hybridized carbons (Fsp3) is 0.143. The molecule has 0 aliphatic heterocycles. The van der Waals surface area contributed by atoms with Gasteiger partial charge in [-0.15, -0.1) is 11.3 Å². The summed E-state index contributed by atoms with van der Waals surface area (Å²) < 4.78 is 0. The van der Waals surface area contributed by atoms with Crippen LogP contribution >= 0.6 is 11.3 Å². The number of carbonyl (C=O) groups is 2. The number of hydrogen-bond donors (Lipinski definition) is 4. The molecular formula is C14H14N2O4S. The van der Waals surface area contributed by atoms with Crippen LogP contribution in [0.5, 0.6) is 0 Å². The zero-order valence-corrected chi connectivity index (χ0v) is 11.8. The normalized spacial score (nSPS) is 11.7. The van der Waals surface area contributed by atoms with Crippen LogP contribution in [-0.4, -0.2) is 28.8 Å². The molecule has 0 saturated heterocycles. The maximum atomic E-state index is 11.7. The minimum Gasteiger partial charge on any atom is -0.478 e. The lowest BCUT2D eigenvalue weighted by molar-refractivity contribution is 0.0698. The third-order valence-electron chi connectivity index (χ3n) is 2.76. The first-order valence-corrected chi connectivity index (χ1v) is 7.04. The molecule has 0 fully saturated rings. The zero-order valence-electron chi connectivity index (χ0n) is 10.9. The first-order valence-electron chi connectivity index (χ1n) is 6.16. The first kappa shape index (κ1) is 15.0. The Morgan fingerprint density at radius 3 is 2.57 bits per heavy atom. The Morgan fingerprint density at radius 1 is 1.19 bits per heavy atom. The molecule has 2 amide bonds. The molecule has 0 bridgehead atoms. The number of amides is 2. The molecule has 7 heteroatoms. The lowest BCUT2D eigenvalue weighted by Crippen LogP contribution is -2.32. The predicted octanol–water partition coefficient (Wildman–Crippen LogP) is 2.30. The molecule has 0 aliphatic rings. The fourth-order valence-corrected chi connectivity index (χ4v) is 2.48. The van der Waals surface area contributed by atoms with Crippen molar-refractivity contribution in [3.05, 3.63) is 52.9 Å². The maximum Gasteiger partial charge on any atom is 0.338 e. The van der Waals surface area contributed by atoms with Gasteiger partial charge >= 0.3 is 12.0 Å². The summed E-state index contributed by atoms with van der Waals surface area (Å²) in [4.78, 5) is 22.6. The summed E-state index contributed by atoms with van der Waals surface area (Å²) in [5.41, 5.74) is 0.735. The van der Waals surface area contributed by atoms with Gasteiger partial charge in [-0.05, 0) is 17.0 Å². The molecule has 0 aliphatic carbocycles. The Kier molecular flexibility index (Phi) is 4.91. The van der Waals surface area contributed by atoms with Gasteiger partial charge < -0.3 is 15.5 Å². The van der Waals surface area contributed by atoms with Crippen molar-refractivity contribution in [1.29, 1.82) is 0 Å². The van der Waals surface area contributed by atoms with Crippen LogP contribution in [0.15, 0.2) is 41.8 Å². The number of benzene rings is 1. The van der Waals surface area contributed by atoms with Gasteiger partial charge in [-0.2, -0.15) is 0 Å². The predicted molar refractivity (Wildman–Crippen MR) is 79.7 cm³/mol. The van der Waals surface area contributed by atoms with Crippen LogP contribution in [0, 0.1) is 0 Å². The summed E-state index contributed by atoms with van der Waals surface area (Å²) in [6, 6.07) is 9.79. The number of carboxylic acids is 1. The van der Waals surface area contributed by atoms with E-state index in [4.69, 9.17) is 5.11 Å². The third-order valence-corrected chi connectivity index (χ3v) is 3.59. The average molecular weight is 306 g/mol. The third kappa shape index (κ3) is 4.04. The highest BCUT2D eigenvalue weighted by Crippen LogP contribution is 2.22. The van der Waals surface area contributed by atoms with Crippen LogP contribution in [0.25, 0.3) is 0 Å². The van der Waals surface area contributed by atoms with Gasteiger partial charge in [0.25, 0.3) is 0 Å². The maximum absolute atomic E-state index is 11.7. The molecule has 2 rings (SSSR count). The first-order chi connectivity index (χ1) is 10.1. The smallest absolute Gasteiger partial charge is 0.338 e. The second-order valence-electron chi connectivity index (χ2n) is 4.23. The molecular weight excluding hydrogens is 292 g/mol. The number of aliphatic hydroxyl groups is 1. The number of carbonyl (C=O) groups excluding carboxylic acids is 1. The molecule has 2 aromatic rings. The molecule has 1 heterocycles. The van der Waals surface area contributed by atoms with Crippen molar-refractivity contribution in [2.24, 2.45) is 0 Å². The average Bonchev–Trinajstić information content (AvgIpc) is 2.94. The summed E-state index contributed by atoms with van der Waals surface area (Å²) in [7, 11) is 0. The lowest BCUT2D eigenvalue weighted by Gasteiger charge is -2.12. The van der Waals surface area contributed by atoms with E-state index < -0.39 is 18.1 Å². The van der Waals surface area contributed by atoms with E-state index in [0.29, 0.717) is 5.56 Å². The fourth-order valence-electron chi connectivity index (χ4n) is 1.70. The number of urea groups is 1. The lowest BCUT2D eigenvalue weighted by atomic mass is 10.1. The highest BCUT2D eigenvalue weighted by atomic mass is 32.1. The van der Waals surface area contributed by atoms with Crippen LogP contribution in [0.2, 0.25) is 0 Å². The Labute approximate surface area is 125 Å². The Hall–Kier alpha value is -2.38. The van der Waals surface area contributed by atoms with Crippen LogP contribution in [0.3, 0.4) is 0 Å². The van der Waals surface area contributed by atoms with E-state index in [1.807, 2.05) is 6.07 Å². The standard InChI is InChI=1S/C14H14N2O4S/c17-11(9-4-2-1-3-5-9)8-15-14(20)16-12-10(13(18)19)6-7-21-12/h1-7,11,17H,8H2,(H,18,19)(H2,15,16,20). The van der Waals surface area contributed by atoms with Gasteiger partial charge in [0.1, 0.15) is 5.00 Å². The van der Waals surface area contributed by atoms with Gasteiger partial charge in [-0.3, -0.25) is 5.32 Å². The van der Waals surface area contributed by atoms with Crippen molar-refractivity contribution >= 4 is 28.3 Å². The second-order valence-corrected chi connectivity index (χ2v) is 5.15. The van der Waals surface area contributed by atoms with Gasteiger partial charge in [0, 0.05) is 6.54 Å². The van der Waals surface area contributed by atoms with Crippen molar-refractivity contribution in [3.63, 3.8) is 0 Å². The van der Waals surface area contributed by atoms with E-state index >= 15 is 0 Å². The van der Waals surface area contributed by atoms with Crippen molar-refractivity contribution < 1.29 is 19.8 Å². The summed E-state index contributed by atoms with van der Waals surface area (Å²) in [6.07, 6.45) is -0.820. The van der Waals surface area contributed by atoms with E-state index in [-0.39, 0.29) is 17.1 Å². The van der Waals surface area contributed by atoms with Gasteiger partial charge in [0.05, 0.1) is 11.7 Å². The number of anilines is 1. The Balaban J connectivity index is 1.88. The Morgan fingerprint density at radius 2 is 1.90 bits per heavy atom. The van der Waals surface area contributed by atoms with E-state index in [9.17, 15) is 14.7 Å². The molecule has 1 atom stereocenters. The van der Waals surface area contributed by atoms with Crippen molar-refractivity contribution in [1.82, 2.24) is 5.32 Å². The van der Waals surface area contributed by atoms with Gasteiger partial charge in [0.2, 0.25) is 0 Å². The molecule has 6 nitrogen and oxygen atoms in total. The number of aromatic carboxylic acids is 1. The van der Waals surface area contributed by atoms with Crippen molar-refractivity contribution in [2.45, 2.75) is 6.10 Å². The summed E-state index contributed by atoms with van der Waals surface area (Å²) in [5.74, 6) is -1.10. The number of thiophene rings is 1. The van der Waals surface area contributed by atoms with Crippen molar-refractivity contribution in [2.75, 3.05) is 11.9 Å². The van der Waals surface area contributed by atoms with Gasteiger partial charge in [-0.1, -0.05) is 30.3 Å². The molecule has 0 radical (unpaired) electrons. The molecule has 110 valence electrons. The minimum atomic E-state index is -1.10. The topological polar surface area (TPSA) is 98.7 Å². The van der Waals surface area contributed by atoms with E-state index in [1.54, 1.807) is 29.6 Å². The monoisotopic (exact) mass is 306 g/mol. The quantitative estimate of drug-likeness (QED) is 0.681. The summed E-state index contributed by atoms with van der Waals surface area (Å²) in [6.45, 7) is 0.0314. The van der Waals surface area contributed by atoms with Crippen molar-refractivity contribution in [3.8, 4) is 0 Å². The number of aliphatic hydroxyl groups excluding tert-OH is 1. The van der Waals surface area contributed by atoms with Crippen LogP contribution in [0.1, 0.15) is 22.0 Å². The van der Waals surface area contributed by atoms with Gasteiger partial charge in [-0.25, -0.2) is 9.59 Å². The molecule has 0 spiro atoms. The zero-order chi connectivity index (χ0) is 15.2. The number of hydrogen-bond acceptors (Lipinski definition) is 4. The largest absolute Gasteiger partial charge is 0.478 e. The Bertz CT molecular complexity index is 627. The summed E-state index contributed by atoms with van der Waals surface area (Å²) >= 11 is 1.12. The molecule has 0 saturated carbocycles. The highest BCUT2D eigenvalue weighted by Gasteiger charge is 2.14. The number of carboxylic acid groups (broad SMARTS) is 1. The van der Waals surface area contributed by atoms with E-state index in [0.717, 1.165) is 11.3 Å². The second kappa shape index (κ2) is 6.87. The number of rotatable bonds is 5. The molecule has 4 N–H and O–H groups in total. The molecule has 1 aromatic carbocycles. The van der Waals surface area contributed by atoms with Crippen LogP contribution < -0.4 is 10.6 Å². The molecule has 21 heavy (non-hydrogen) atoms. The summed E-state index contributed by atoms with van der Waals surface area (Å²) in [5, 5.41) is 25.6. The SMILES string of the molecule is O=C(NCC(O)c1ccccc1)Nc1sccc1C(=O)O. The molecule has 1 unspecified atom stereocenters. The van der Waals surface area contributed by atoms with Gasteiger partial charge in [0.15, 0.2) is 0 Å². The minimum absolute atomic E-state index is 0.0314.